The standard InChI is InChI=1S/C13H15NO3/c1-10(8-14)7-13(15)17-9-11-3-5-12(16-2)6-4-11/h3-6,10H,7,9H2,1-2H3. The maximum Gasteiger partial charge on any atom is 0.307 e. The van der Waals surface area contributed by atoms with Crippen LogP contribution < -0.4 is 4.74 Å². The van der Waals surface area contributed by atoms with Gasteiger partial charge in [0, 0.05) is 0 Å². The second-order valence-corrected chi connectivity index (χ2v) is 3.74. The molecule has 0 aliphatic rings. The van der Waals surface area contributed by atoms with E-state index >= 15 is 0 Å². The molecule has 0 aliphatic carbocycles. The molecule has 0 heterocycles. The average molecular weight is 233 g/mol. The van der Waals surface area contributed by atoms with Crippen LogP contribution >= 0.6 is 0 Å². The molecule has 0 saturated heterocycles. The van der Waals surface area contributed by atoms with E-state index in [9.17, 15) is 4.79 Å². The molecular formula is C13H15NO3. The fraction of sp³-hybridized carbons (Fsp3) is 0.385. The lowest BCUT2D eigenvalue weighted by Gasteiger charge is -2.06. The Balaban J connectivity index is 2.40. The van der Waals surface area contributed by atoms with E-state index in [-0.39, 0.29) is 24.9 Å². The van der Waals surface area contributed by atoms with Crippen molar-refractivity contribution in [1.29, 1.82) is 5.26 Å². The average Bonchev–Trinajstić information content (AvgIpc) is 2.36. The van der Waals surface area contributed by atoms with Crippen molar-refractivity contribution in [2.75, 3.05) is 7.11 Å². The lowest BCUT2D eigenvalue weighted by molar-refractivity contribution is -0.145. The van der Waals surface area contributed by atoms with E-state index in [4.69, 9.17) is 14.7 Å². The molecule has 0 aromatic heterocycles. The first-order chi connectivity index (χ1) is 8.15. The molecule has 1 unspecified atom stereocenters. The quantitative estimate of drug-likeness (QED) is 0.732. The normalized spacial score (nSPS) is 11.4. The number of carbonyl (C=O) groups excluding carboxylic acids is 1. The van der Waals surface area contributed by atoms with E-state index in [0.717, 1.165) is 11.3 Å². The van der Waals surface area contributed by atoms with Crippen LogP contribution in [0.2, 0.25) is 0 Å². The molecule has 0 saturated carbocycles. The summed E-state index contributed by atoms with van der Waals surface area (Å²) in [6, 6.07) is 9.27. The molecule has 0 amide bonds. The number of hydrogen-bond donors (Lipinski definition) is 0. The van der Waals surface area contributed by atoms with Crippen molar-refractivity contribution in [3.05, 3.63) is 29.8 Å². The molecule has 1 aromatic rings. The van der Waals surface area contributed by atoms with Gasteiger partial charge >= 0.3 is 5.97 Å². The molecule has 1 atom stereocenters. The van der Waals surface area contributed by atoms with E-state index in [1.54, 1.807) is 26.2 Å². The fourth-order valence-corrected chi connectivity index (χ4v) is 1.24. The Morgan fingerprint density at radius 1 is 1.41 bits per heavy atom. The van der Waals surface area contributed by atoms with Crippen LogP contribution in [0.5, 0.6) is 5.75 Å². The molecular weight excluding hydrogens is 218 g/mol. The second-order valence-electron chi connectivity index (χ2n) is 3.74. The Morgan fingerprint density at radius 3 is 2.59 bits per heavy atom. The highest BCUT2D eigenvalue weighted by Crippen LogP contribution is 2.12. The molecule has 17 heavy (non-hydrogen) atoms. The number of carbonyl (C=O) groups is 1. The number of hydrogen-bond acceptors (Lipinski definition) is 4. The van der Waals surface area contributed by atoms with Crippen LogP contribution in [-0.2, 0) is 16.1 Å². The summed E-state index contributed by atoms with van der Waals surface area (Å²) in [5.41, 5.74) is 0.892. The predicted molar refractivity (Wildman–Crippen MR) is 62.2 cm³/mol. The van der Waals surface area contributed by atoms with Gasteiger partial charge in [0.1, 0.15) is 12.4 Å². The van der Waals surface area contributed by atoms with Gasteiger partial charge in [-0.3, -0.25) is 4.79 Å². The molecule has 0 N–H and O–H groups in total. The second kappa shape index (κ2) is 6.54. The third-order valence-corrected chi connectivity index (χ3v) is 2.25. The highest BCUT2D eigenvalue weighted by molar-refractivity contribution is 5.70. The van der Waals surface area contributed by atoms with Crippen LogP contribution in [0.1, 0.15) is 18.9 Å². The number of methoxy groups -OCH3 is 1. The number of nitrogens with zero attached hydrogens (tertiary/aromatic N) is 1. The van der Waals surface area contributed by atoms with E-state index in [1.165, 1.54) is 0 Å². The van der Waals surface area contributed by atoms with Crippen molar-refractivity contribution in [1.82, 2.24) is 0 Å². The maximum atomic E-state index is 11.3. The number of benzene rings is 1. The van der Waals surface area contributed by atoms with Crippen LogP contribution in [0.4, 0.5) is 0 Å². The zero-order valence-electron chi connectivity index (χ0n) is 9.97. The van der Waals surface area contributed by atoms with Crippen LogP contribution in [0.3, 0.4) is 0 Å². The smallest absolute Gasteiger partial charge is 0.307 e. The highest BCUT2D eigenvalue weighted by Gasteiger charge is 2.09. The Hall–Kier alpha value is -2.02. The zero-order chi connectivity index (χ0) is 12.7. The minimum absolute atomic E-state index is 0.132. The monoisotopic (exact) mass is 233 g/mol. The van der Waals surface area contributed by atoms with Gasteiger partial charge in [0.25, 0.3) is 0 Å². The molecule has 4 nitrogen and oxygen atoms in total. The van der Waals surface area contributed by atoms with Gasteiger partial charge in [0.15, 0.2) is 0 Å². The van der Waals surface area contributed by atoms with Crippen LogP contribution in [-0.4, -0.2) is 13.1 Å². The van der Waals surface area contributed by atoms with Gasteiger partial charge in [-0.25, -0.2) is 0 Å². The number of esters is 1. The van der Waals surface area contributed by atoms with Gasteiger partial charge in [0.2, 0.25) is 0 Å². The SMILES string of the molecule is COc1ccc(COC(=O)CC(C)C#N)cc1. The molecule has 1 rings (SSSR count). The largest absolute Gasteiger partial charge is 0.497 e. The number of nitriles is 1. The topological polar surface area (TPSA) is 59.3 Å². The van der Waals surface area contributed by atoms with E-state index < -0.39 is 0 Å². The van der Waals surface area contributed by atoms with Crippen molar-refractivity contribution < 1.29 is 14.3 Å². The maximum absolute atomic E-state index is 11.3. The van der Waals surface area contributed by atoms with Crippen molar-refractivity contribution >= 4 is 5.97 Å². The molecule has 0 spiro atoms. The Morgan fingerprint density at radius 2 is 2.06 bits per heavy atom. The van der Waals surface area contributed by atoms with Crippen molar-refractivity contribution in [3.8, 4) is 11.8 Å². The highest BCUT2D eigenvalue weighted by atomic mass is 16.5. The summed E-state index contributed by atoms with van der Waals surface area (Å²) in [6.45, 7) is 1.91. The summed E-state index contributed by atoms with van der Waals surface area (Å²) >= 11 is 0. The molecule has 0 aliphatic heterocycles. The summed E-state index contributed by atoms with van der Waals surface area (Å²) in [5, 5.41) is 8.55. The van der Waals surface area contributed by atoms with E-state index in [2.05, 4.69) is 0 Å². The summed E-state index contributed by atoms with van der Waals surface area (Å²) < 4.78 is 10.1. The third-order valence-electron chi connectivity index (χ3n) is 2.25. The Bertz CT molecular complexity index is 406. The van der Waals surface area contributed by atoms with Crippen molar-refractivity contribution in [3.63, 3.8) is 0 Å². The number of ether oxygens (including phenoxy) is 2. The Kier molecular flexibility index (Phi) is 5.02. The van der Waals surface area contributed by atoms with Crippen molar-refractivity contribution in [2.24, 2.45) is 5.92 Å². The van der Waals surface area contributed by atoms with Crippen LogP contribution in [0.15, 0.2) is 24.3 Å². The van der Waals surface area contributed by atoms with E-state index in [0.29, 0.717) is 0 Å². The summed E-state index contributed by atoms with van der Waals surface area (Å²) in [4.78, 5) is 11.3. The van der Waals surface area contributed by atoms with Gasteiger partial charge in [-0.05, 0) is 24.6 Å². The van der Waals surface area contributed by atoms with Gasteiger partial charge in [-0.1, -0.05) is 12.1 Å². The minimum Gasteiger partial charge on any atom is -0.497 e. The van der Waals surface area contributed by atoms with Gasteiger partial charge in [-0.15, -0.1) is 0 Å². The predicted octanol–water partition coefficient (Wildman–Crippen LogP) is 2.29. The first-order valence-electron chi connectivity index (χ1n) is 5.34. The molecule has 1 aromatic carbocycles. The fourth-order valence-electron chi connectivity index (χ4n) is 1.24. The summed E-state index contributed by atoms with van der Waals surface area (Å²) in [5.74, 6) is 0.103. The molecule has 90 valence electrons. The van der Waals surface area contributed by atoms with Gasteiger partial charge < -0.3 is 9.47 Å². The lowest BCUT2D eigenvalue weighted by atomic mass is 10.1. The van der Waals surface area contributed by atoms with Crippen molar-refractivity contribution in [2.45, 2.75) is 20.0 Å². The van der Waals surface area contributed by atoms with E-state index in [1.807, 2.05) is 18.2 Å². The zero-order valence-corrected chi connectivity index (χ0v) is 9.97. The van der Waals surface area contributed by atoms with Gasteiger partial charge in [0.05, 0.1) is 25.5 Å². The molecule has 4 heteroatoms. The lowest BCUT2D eigenvalue weighted by Crippen LogP contribution is -2.08. The molecule has 0 fully saturated rings. The summed E-state index contributed by atoms with van der Waals surface area (Å²) in [6.07, 6.45) is 0.132. The Labute approximate surface area is 101 Å². The first kappa shape index (κ1) is 13.0. The number of rotatable bonds is 5. The molecule has 0 bridgehead atoms. The van der Waals surface area contributed by atoms with Gasteiger partial charge in [-0.2, -0.15) is 5.26 Å². The van der Waals surface area contributed by atoms with Crippen LogP contribution in [0.25, 0.3) is 0 Å². The first-order valence-corrected chi connectivity index (χ1v) is 5.34. The third kappa shape index (κ3) is 4.56. The summed E-state index contributed by atoms with van der Waals surface area (Å²) in [7, 11) is 1.60. The minimum atomic E-state index is -0.352. The van der Waals surface area contributed by atoms with Crippen LogP contribution in [0, 0.1) is 17.2 Å². The molecule has 0 radical (unpaired) electrons.